The summed E-state index contributed by atoms with van der Waals surface area (Å²) >= 11 is 16.8. The summed E-state index contributed by atoms with van der Waals surface area (Å²) in [7, 11) is 0. The fourth-order valence-corrected chi connectivity index (χ4v) is 2.69. The van der Waals surface area contributed by atoms with Crippen LogP contribution in [-0.4, -0.2) is 23.5 Å². The lowest BCUT2D eigenvalue weighted by atomic mass is 10.2. The van der Waals surface area contributed by atoms with Crippen molar-refractivity contribution in [3.05, 3.63) is 63.6 Å². The highest BCUT2D eigenvalue weighted by Crippen LogP contribution is 2.21. The Labute approximate surface area is 172 Å². The first-order chi connectivity index (χ1) is 12.9. The van der Waals surface area contributed by atoms with E-state index in [4.69, 9.17) is 40.2 Å². The SMILES string of the molecule is CCCOc1ccccc1C(=O)NNC(=S)NC(=O)c1ccc(Cl)cc1Cl. The molecule has 2 aromatic rings. The molecule has 0 heterocycles. The number of hydrogen-bond donors (Lipinski definition) is 3. The van der Waals surface area contributed by atoms with Crippen LogP contribution in [0.15, 0.2) is 42.5 Å². The van der Waals surface area contributed by atoms with E-state index < -0.39 is 11.8 Å². The molecule has 2 rings (SSSR count). The Morgan fingerprint density at radius 3 is 2.48 bits per heavy atom. The molecule has 0 radical (unpaired) electrons. The Balaban J connectivity index is 1.93. The molecule has 3 N–H and O–H groups in total. The molecule has 0 aliphatic rings. The van der Waals surface area contributed by atoms with Gasteiger partial charge >= 0.3 is 0 Å². The number of halogens is 2. The lowest BCUT2D eigenvalue weighted by Gasteiger charge is -2.13. The van der Waals surface area contributed by atoms with Gasteiger partial charge in [0.25, 0.3) is 11.8 Å². The van der Waals surface area contributed by atoms with E-state index in [0.717, 1.165) is 6.42 Å². The molecule has 0 fully saturated rings. The first-order valence-electron chi connectivity index (χ1n) is 8.01. The van der Waals surface area contributed by atoms with E-state index in [1.807, 2.05) is 6.92 Å². The molecule has 142 valence electrons. The maximum absolute atomic E-state index is 12.3. The van der Waals surface area contributed by atoms with Gasteiger partial charge in [0, 0.05) is 5.02 Å². The number of carbonyl (C=O) groups excluding carboxylic acids is 2. The van der Waals surface area contributed by atoms with Crippen LogP contribution in [0.1, 0.15) is 34.1 Å². The third-order valence-corrected chi connectivity index (χ3v) is 4.04. The van der Waals surface area contributed by atoms with Gasteiger partial charge in [0.1, 0.15) is 5.75 Å². The minimum absolute atomic E-state index is 0.0914. The van der Waals surface area contributed by atoms with E-state index >= 15 is 0 Å². The summed E-state index contributed by atoms with van der Waals surface area (Å²) < 4.78 is 5.54. The van der Waals surface area contributed by atoms with E-state index in [-0.39, 0.29) is 15.7 Å². The van der Waals surface area contributed by atoms with Gasteiger partial charge in [-0.15, -0.1) is 0 Å². The summed E-state index contributed by atoms with van der Waals surface area (Å²) in [5, 5.41) is 2.93. The molecule has 0 unspecified atom stereocenters. The van der Waals surface area contributed by atoms with Gasteiger partial charge in [0.05, 0.1) is 22.8 Å². The molecule has 9 heteroatoms. The van der Waals surface area contributed by atoms with E-state index in [2.05, 4.69) is 16.2 Å². The van der Waals surface area contributed by atoms with Gasteiger partial charge in [-0.3, -0.25) is 25.8 Å². The second-order valence-corrected chi connectivity index (χ2v) is 6.58. The number of thiocarbonyl (C=S) groups is 1. The number of ether oxygens (including phenoxy) is 1. The Bertz CT molecular complexity index is 861. The van der Waals surface area contributed by atoms with Crippen LogP contribution in [0, 0.1) is 0 Å². The number of nitrogens with one attached hydrogen (secondary N) is 3. The maximum atomic E-state index is 12.3. The maximum Gasteiger partial charge on any atom is 0.273 e. The highest BCUT2D eigenvalue weighted by atomic mass is 35.5. The van der Waals surface area contributed by atoms with Crippen LogP contribution in [0.3, 0.4) is 0 Å². The van der Waals surface area contributed by atoms with Crippen LogP contribution in [0.4, 0.5) is 0 Å². The predicted molar refractivity (Wildman–Crippen MR) is 109 cm³/mol. The van der Waals surface area contributed by atoms with Gasteiger partial charge in [-0.25, -0.2) is 0 Å². The van der Waals surface area contributed by atoms with E-state index in [1.165, 1.54) is 18.2 Å². The fourth-order valence-electron chi connectivity index (χ4n) is 2.05. The Hall–Kier alpha value is -2.35. The summed E-state index contributed by atoms with van der Waals surface area (Å²) in [4.78, 5) is 24.5. The fraction of sp³-hybridized carbons (Fsp3) is 0.167. The number of para-hydroxylation sites is 1. The molecule has 0 saturated heterocycles. The topological polar surface area (TPSA) is 79.5 Å². The quantitative estimate of drug-likeness (QED) is 0.502. The average Bonchev–Trinajstić information content (AvgIpc) is 2.64. The van der Waals surface area contributed by atoms with Gasteiger partial charge in [-0.05, 0) is 49.0 Å². The molecule has 0 atom stereocenters. The number of carbonyl (C=O) groups is 2. The van der Waals surface area contributed by atoms with Crippen molar-refractivity contribution < 1.29 is 14.3 Å². The molecule has 6 nitrogen and oxygen atoms in total. The molecular weight excluding hydrogens is 409 g/mol. The van der Waals surface area contributed by atoms with Crippen molar-refractivity contribution in [3.8, 4) is 5.75 Å². The van der Waals surface area contributed by atoms with Crippen LogP contribution in [0.5, 0.6) is 5.75 Å². The minimum Gasteiger partial charge on any atom is -0.493 e. The second-order valence-electron chi connectivity index (χ2n) is 5.33. The third-order valence-electron chi connectivity index (χ3n) is 3.29. The zero-order valence-electron chi connectivity index (χ0n) is 14.3. The normalized spacial score (nSPS) is 10.0. The van der Waals surface area contributed by atoms with Crippen LogP contribution >= 0.6 is 35.4 Å². The number of amides is 2. The lowest BCUT2D eigenvalue weighted by Crippen LogP contribution is -2.48. The van der Waals surface area contributed by atoms with Crippen molar-refractivity contribution in [2.75, 3.05) is 6.61 Å². The van der Waals surface area contributed by atoms with Gasteiger partial charge < -0.3 is 4.74 Å². The second kappa shape index (κ2) is 10.1. The third kappa shape index (κ3) is 6.09. The van der Waals surface area contributed by atoms with Gasteiger partial charge in [0.15, 0.2) is 5.11 Å². The van der Waals surface area contributed by atoms with Crippen LogP contribution in [0.25, 0.3) is 0 Å². The minimum atomic E-state index is -0.532. The molecule has 0 spiro atoms. The Kier molecular flexibility index (Phi) is 7.84. The van der Waals surface area contributed by atoms with Crippen LogP contribution in [-0.2, 0) is 0 Å². The number of hydrazine groups is 1. The number of benzene rings is 2. The standard InChI is InChI=1S/C18H17Cl2N3O3S/c1-2-9-26-15-6-4-3-5-13(15)17(25)22-23-18(27)21-16(24)12-8-7-11(19)10-14(12)20/h3-8,10H,2,9H2,1H3,(H,22,25)(H2,21,23,24,27). The summed E-state index contributed by atoms with van der Waals surface area (Å²) in [6.07, 6.45) is 0.817. The van der Waals surface area contributed by atoms with Crippen LogP contribution in [0.2, 0.25) is 10.0 Å². The van der Waals surface area contributed by atoms with Crippen molar-refractivity contribution >= 4 is 52.3 Å². The van der Waals surface area contributed by atoms with Crippen molar-refractivity contribution in [1.82, 2.24) is 16.2 Å². The van der Waals surface area contributed by atoms with E-state index in [9.17, 15) is 9.59 Å². The molecule has 0 aliphatic carbocycles. The van der Waals surface area contributed by atoms with Crippen LogP contribution < -0.4 is 20.9 Å². The zero-order chi connectivity index (χ0) is 19.8. The largest absolute Gasteiger partial charge is 0.493 e. The number of hydrogen-bond acceptors (Lipinski definition) is 4. The first-order valence-corrected chi connectivity index (χ1v) is 9.17. The summed E-state index contributed by atoms with van der Waals surface area (Å²) in [5.41, 5.74) is 5.43. The monoisotopic (exact) mass is 425 g/mol. The van der Waals surface area contributed by atoms with Gasteiger partial charge in [0.2, 0.25) is 0 Å². The molecule has 27 heavy (non-hydrogen) atoms. The van der Waals surface area contributed by atoms with Crippen molar-refractivity contribution in [3.63, 3.8) is 0 Å². The molecule has 0 aromatic heterocycles. The van der Waals surface area contributed by atoms with E-state index in [0.29, 0.717) is 22.9 Å². The molecule has 2 aromatic carbocycles. The van der Waals surface area contributed by atoms with Crippen molar-refractivity contribution in [2.24, 2.45) is 0 Å². The summed E-state index contributed by atoms with van der Waals surface area (Å²) in [6, 6.07) is 11.3. The molecular formula is C18H17Cl2N3O3S. The zero-order valence-corrected chi connectivity index (χ0v) is 16.7. The van der Waals surface area contributed by atoms with E-state index in [1.54, 1.807) is 24.3 Å². The summed E-state index contributed by atoms with van der Waals surface area (Å²) in [5.74, 6) is -0.528. The molecule has 0 saturated carbocycles. The highest BCUT2D eigenvalue weighted by molar-refractivity contribution is 7.80. The predicted octanol–water partition coefficient (Wildman–Crippen LogP) is 3.73. The smallest absolute Gasteiger partial charge is 0.273 e. The van der Waals surface area contributed by atoms with Gasteiger partial charge in [-0.1, -0.05) is 42.3 Å². The molecule has 0 aliphatic heterocycles. The molecule has 2 amide bonds. The average molecular weight is 426 g/mol. The summed E-state index contributed by atoms with van der Waals surface area (Å²) in [6.45, 7) is 2.46. The highest BCUT2D eigenvalue weighted by Gasteiger charge is 2.14. The van der Waals surface area contributed by atoms with Crippen molar-refractivity contribution in [1.29, 1.82) is 0 Å². The Morgan fingerprint density at radius 1 is 1.04 bits per heavy atom. The lowest BCUT2D eigenvalue weighted by molar-refractivity contribution is 0.0931. The molecule has 0 bridgehead atoms. The first kappa shape index (κ1) is 21.0. The van der Waals surface area contributed by atoms with Crippen molar-refractivity contribution in [2.45, 2.75) is 13.3 Å². The van der Waals surface area contributed by atoms with Gasteiger partial charge in [-0.2, -0.15) is 0 Å². The Morgan fingerprint density at radius 2 is 1.78 bits per heavy atom. The number of rotatable bonds is 5.